The van der Waals surface area contributed by atoms with Gasteiger partial charge in [0.25, 0.3) is 0 Å². The Hall–Kier alpha value is -2.62. The fourth-order valence-corrected chi connectivity index (χ4v) is 5.56. The van der Waals surface area contributed by atoms with E-state index in [1.807, 2.05) is 12.4 Å². The van der Waals surface area contributed by atoms with E-state index in [0.29, 0.717) is 11.5 Å². The van der Waals surface area contributed by atoms with Crippen molar-refractivity contribution in [3.8, 4) is 11.5 Å². The summed E-state index contributed by atoms with van der Waals surface area (Å²) in [5.41, 5.74) is 6.36. The van der Waals surface area contributed by atoms with Crippen LogP contribution in [-0.2, 0) is 25.7 Å². The maximum absolute atomic E-state index is 11.0. The van der Waals surface area contributed by atoms with Gasteiger partial charge in [0.1, 0.15) is 11.5 Å². The van der Waals surface area contributed by atoms with Gasteiger partial charge in [-0.2, -0.15) is 0 Å². The van der Waals surface area contributed by atoms with Crippen LogP contribution in [0.4, 0.5) is 0 Å². The lowest BCUT2D eigenvalue weighted by Gasteiger charge is -2.14. The van der Waals surface area contributed by atoms with Crippen LogP contribution >= 0.6 is 0 Å². The fourth-order valence-electron chi connectivity index (χ4n) is 5.56. The molecule has 2 aromatic rings. The molecule has 0 amide bonds. The van der Waals surface area contributed by atoms with Gasteiger partial charge >= 0.3 is 0 Å². The minimum Gasteiger partial charge on any atom is -0.507 e. The monoisotopic (exact) mass is 532 g/mol. The second-order valence-electron chi connectivity index (χ2n) is 11.4. The van der Waals surface area contributed by atoms with Crippen molar-refractivity contribution in [1.82, 2.24) is 0 Å². The van der Waals surface area contributed by atoms with Crippen LogP contribution in [-0.4, -0.2) is 34.7 Å². The van der Waals surface area contributed by atoms with E-state index in [2.05, 4.69) is 52.0 Å². The third-order valence-corrected chi connectivity index (χ3v) is 8.05. The summed E-state index contributed by atoms with van der Waals surface area (Å²) in [4.78, 5) is 9.94. The normalized spacial score (nSPS) is 17.6. The number of hydrogen-bond donors (Lipinski definition) is 2. The summed E-state index contributed by atoms with van der Waals surface area (Å²) in [6.45, 7) is 8.81. The van der Waals surface area contributed by atoms with Gasteiger partial charge in [0, 0.05) is 23.6 Å². The molecule has 2 aromatic carbocycles. The molecule has 0 saturated heterocycles. The molecule has 4 nitrogen and oxygen atoms in total. The highest BCUT2D eigenvalue weighted by molar-refractivity contribution is 5.85. The highest BCUT2D eigenvalue weighted by Crippen LogP contribution is 2.30. The van der Waals surface area contributed by atoms with Gasteiger partial charge in [0.2, 0.25) is 0 Å². The smallest absolute Gasteiger partial charge is 0.127 e. The second-order valence-corrected chi connectivity index (χ2v) is 11.4. The lowest BCUT2D eigenvalue weighted by atomic mass is 9.97. The molecule has 1 saturated carbocycles. The number of phenolic OH excluding ortho intramolecular Hbond substituents is 2. The van der Waals surface area contributed by atoms with E-state index in [4.69, 9.17) is 9.98 Å². The van der Waals surface area contributed by atoms with Crippen LogP contribution in [0.2, 0.25) is 0 Å². The van der Waals surface area contributed by atoms with Crippen molar-refractivity contribution in [3.63, 3.8) is 0 Å². The summed E-state index contributed by atoms with van der Waals surface area (Å²) in [7, 11) is 0. The molecule has 0 heterocycles. The van der Waals surface area contributed by atoms with Gasteiger partial charge in [-0.25, -0.2) is 0 Å². The third kappa shape index (κ3) is 9.22. The molecule has 0 aromatic heterocycles. The molecule has 0 aliphatic heterocycles. The number of benzene rings is 2. The predicted octanol–water partition coefficient (Wildman–Crippen LogP) is 8.93. The first-order valence-corrected chi connectivity index (χ1v) is 15.8. The minimum absolute atomic E-state index is 0.101. The Morgan fingerprint density at radius 3 is 1.38 bits per heavy atom. The van der Waals surface area contributed by atoms with E-state index in [1.165, 1.54) is 11.1 Å². The number of aromatic hydroxyl groups is 2. The number of aryl methyl sites for hydroxylation is 4. The number of unbranched alkanes of at least 4 members (excludes halogenated alkanes) is 4. The Kier molecular flexibility index (Phi) is 13.1. The average molecular weight is 533 g/mol. The maximum atomic E-state index is 11.0. The van der Waals surface area contributed by atoms with E-state index in [0.717, 1.165) is 119 Å². The SMILES string of the molecule is CCCCc1cc(C=NC2CCCC2N=Cc2cc(CCCC)cc(CCCC)c2O)c(O)c(CCCC)c1. The second kappa shape index (κ2) is 16.5. The number of phenols is 2. The molecule has 1 aliphatic rings. The summed E-state index contributed by atoms with van der Waals surface area (Å²) in [5.74, 6) is 0.776. The van der Waals surface area contributed by atoms with Crippen molar-refractivity contribution < 1.29 is 10.2 Å². The zero-order chi connectivity index (χ0) is 28.0. The van der Waals surface area contributed by atoms with E-state index in [-0.39, 0.29) is 12.1 Å². The molecule has 214 valence electrons. The van der Waals surface area contributed by atoms with Crippen molar-refractivity contribution in [1.29, 1.82) is 0 Å². The quantitative estimate of drug-likeness (QED) is 0.212. The zero-order valence-corrected chi connectivity index (χ0v) is 25.0. The molecule has 0 radical (unpaired) electrons. The molecule has 1 fully saturated rings. The van der Waals surface area contributed by atoms with Crippen LogP contribution in [0.15, 0.2) is 34.3 Å². The highest BCUT2D eigenvalue weighted by atomic mass is 16.3. The van der Waals surface area contributed by atoms with Crippen LogP contribution in [0, 0.1) is 0 Å². The summed E-state index contributed by atoms with van der Waals surface area (Å²) < 4.78 is 0. The Morgan fingerprint density at radius 1 is 0.615 bits per heavy atom. The molecule has 0 spiro atoms. The number of hydrogen-bond acceptors (Lipinski definition) is 4. The van der Waals surface area contributed by atoms with Crippen molar-refractivity contribution in [2.24, 2.45) is 9.98 Å². The van der Waals surface area contributed by atoms with E-state index >= 15 is 0 Å². The lowest BCUT2D eigenvalue weighted by molar-refractivity contribution is 0.465. The molecule has 0 bridgehead atoms. The Bertz CT molecular complexity index is 1000. The van der Waals surface area contributed by atoms with Crippen LogP contribution in [0.3, 0.4) is 0 Å². The Balaban J connectivity index is 1.81. The van der Waals surface area contributed by atoms with Gasteiger partial charge in [-0.15, -0.1) is 0 Å². The van der Waals surface area contributed by atoms with Crippen molar-refractivity contribution in [3.05, 3.63) is 57.6 Å². The molecule has 4 heteroatoms. The number of aliphatic imine (C=N–C) groups is 2. The topological polar surface area (TPSA) is 65.2 Å². The van der Waals surface area contributed by atoms with Crippen LogP contribution in [0.1, 0.15) is 132 Å². The van der Waals surface area contributed by atoms with Crippen LogP contribution in [0.5, 0.6) is 11.5 Å². The standard InChI is InChI=1S/C35H52N2O2/c1-5-9-14-26-20-28(16-11-7-3)34(38)30(22-26)24-36-32-18-13-19-33(32)37-25-31-23-27(15-10-6-2)21-29(35(31)39)17-12-8-4/h20-25,32-33,38-39H,5-19H2,1-4H3. The number of nitrogens with zero attached hydrogens (tertiary/aromatic N) is 2. The summed E-state index contributed by atoms with van der Waals surface area (Å²) in [5, 5.41) is 22.0. The Morgan fingerprint density at radius 2 is 1.00 bits per heavy atom. The highest BCUT2D eigenvalue weighted by Gasteiger charge is 2.26. The van der Waals surface area contributed by atoms with Gasteiger partial charge < -0.3 is 10.2 Å². The first-order valence-electron chi connectivity index (χ1n) is 15.8. The zero-order valence-electron chi connectivity index (χ0n) is 25.0. The largest absolute Gasteiger partial charge is 0.507 e. The molecule has 2 atom stereocenters. The summed E-state index contributed by atoms with van der Waals surface area (Å²) in [6.07, 6.45) is 19.8. The maximum Gasteiger partial charge on any atom is 0.127 e. The van der Waals surface area contributed by atoms with Gasteiger partial charge in [-0.1, -0.05) is 65.5 Å². The minimum atomic E-state index is 0.101. The summed E-state index contributed by atoms with van der Waals surface area (Å²) >= 11 is 0. The van der Waals surface area contributed by atoms with E-state index < -0.39 is 0 Å². The molecular formula is C35H52N2O2. The van der Waals surface area contributed by atoms with Gasteiger partial charge in [0.05, 0.1) is 12.1 Å². The molecule has 2 N–H and O–H groups in total. The van der Waals surface area contributed by atoms with Gasteiger partial charge in [0.15, 0.2) is 0 Å². The van der Waals surface area contributed by atoms with Crippen molar-refractivity contribution in [2.45, 2.75) is 136 Å². The molecule has 39 heavy (non-hydrogen) atoms. The first-order chi connectivity index (χ1) is 19.0. The summed E-state index contributed by atoms with van der Waals surface area (Å²) in [6, 6.07) is 8.82. The van der Waals surface area contributed by atoms with Crippen LogP contribution in [0.25, 0.3) is 0 Å². The van der Waals surface area contributed by atoms with Crippen molar-refractivity contribution >= 4 is 12.4 Å². The average Bonchev–Trinajstić information content (AvgIpc) is 3.40. The van der Waals surface area contributed by atoms with Crippen LogP contribution < -0.4 is 0 Å². The number of rotatable bonds is 16. The third-order valence-electron chi connectivity index (χ3n) is 8.05. The van der Waals surface area contributed by atoms with Crippen molar-refractivity contribution in [2.75, 3.05) is 0 Å². The van der Waals surface area contributed by atoms with E-state index in [1.54, 1.807) is 0 Å². The van der Waals surface area contributed by atoms with Gasteiger partial charge in [-0.3, -0.25) is 9.98 Å². The lowest BCUT2D eigenvalue weighted by Crippen LogP contribution is -2.16. The molecule has 3 rings (SSSR count). The van der Waals surface area contributed by atoms with Gasteiger partial charge in [-0.05, 0) is 105 Å². The predicted molar refractivity (Wildman–Crippen MR) is 167 cm³/mol. The molecular weight excluding hydrogens is 480 g/mol. The molecule has 2 unspecified atom stereocenters. The first kappa shape index (κ1) is 30.9. The fraction of sp³-hybridized carbons (Fsp3) is 0.600. The van der Waals surface area contributed by atoms with E-state index in [9.17, 15) is 10.2 Å². The Labute approximate surface area is 237 Å². The molecule has 1 aliphatic carbocycles.